The molecule has 1 aromatic rings. The van der Waals surface area contributed by atoms with Crippen LogP contribution in [-0.2, 0) is 4.79 Å². The quantitative estimate of drug-likeness (QED) is 0.344. The summed E-state index contributed by atoms with van der Waals surface area (Å²) < 4.78 is 25.0. The Labute approximate surface area is 153 Å². The maximum Gasteiger partial charge on any atom is 0.280 e. The number of nitrogens with two attached hydrogens (primary N) is 1. The third kappa shape index (κ3) is 5.10. The number of nitrogens with one attached hydrogen (secondary N) is 3. The van der Waals surface area contributed by atoms with E-state index in [9.17, 15) is 13.6 Å². The molecule has 1 saturated carbocycles. The van der Waals surface area contributed by atoms with Crippen LogP contribution in [0.25, 0.3) is 0 Å². The molecule has 1 aromatic heterocycles. The molecule has 0 spiro atoms. The molecule has 0 aromatic carbocycles. The van der Waals surface area contributed by atoms with E-state index in [1.807, 2.05) is 0 Å². The molecule has 1 heterocycles. The number of carbonyl (C=O) groups excluding carboxylic acids is 1. The van der Waals surface area contributed by atoms with Gasteiger partial charge in [-0.25, -0.2) is 8.78 Å². The molecule has 1 amide bonds. The molecule has 6 nitrogen and oxygen atoms in total. The Morgan fingerprint density at radius 2 is 2.19 bits per heavy atom. The number of hydrogen-bond donors (Lipinski definition) is 4. The lowest BCUT2D eigenvalue weighted by Crippen LogP contribution is -2.35. The minimum atomic E-state index is -3.13. The van der Waals surface area contributed by atoms with Gasteiger partial charge >= 0.3 is 0 Å². The molecule has 0 atom stereocenters. The van der Waals surface area contributed by atoms with Gasteiger partial charge < -0.3 is 16.5 Å². The van der Waals surface area contributed by atoms with Crippen molar-refractivity contribution in [1.29, 1.82) is 10.8 Å². The fourth-order valence-electron chi connectivity index (χ4n) is 1.89. The molecular weight excluding hydrogens is 364 g/mol. The Bertz CT molecular complexity index is 837. The van der Waals surface area contributed by atoms with Crippen molar-refractivity contribution in [2.45, 2.75) is 19.3 Å². The van der Waals surface area contributed by atoms with Gasteiger partial charge in [0.2, 0.25) is 0 Å². The summed E-state index contributed by atoms with van der Waals surface area (Å²) in [5.41, 5.74) is 3.93. The van der Waals surface area contributed by atoms with Crippen molar-refractivity contribution >= 4 is 28.9 Å². The van der Waals surface area contributed by atoms with E-state index in [4.69, 9.17) is 28.2 Å². The van der Waals surface area contributed by atoms with E-state index in [0.717, 1.165) is 12.8 Å². The smallest absolute Gasteiger partial charge is 0.280 e. The topological polar surface area (TPSA) is 116 Å². The van der Waals surface area contributed by atoms with Gasteiger partial charge in [-0.1, -0.05) is 23.4 Å². The van der Waals surface area contributed by atoms with Crippen LogP contribution in [0, 0.1) is 28.6 Å². The molecule has 1 aliphatic carbocycles. The summed E-state index contributed by atoms with van der Waals surface area (Å²) in [6, 6.07) is 1.58. The minimum absolute atomic E-state index is 0.120. The lowest BCUT2D eigenvalue weighted by atomic mass is 10.1. The van der Waals surface area contributed by atoms with Crippen molar-refractivity contribution in [2.75, 3.05) is 6.54 Å². The molecule has 0 radical (unpaired) electrons. The molecule has 0 aliphatic heterocycles. The van der Waals surface area contributed by atoms with Crippen LogP contribution in [0.4, 0.5) is 8.78 Å². The van der Waals surface area contributed by atoms with E-state index in [1.54, 1.807) is 6.07 Å². The highest BCUT2D eigenvalue weighted by Gasteiger charge is 2.22. The number of pyridine rings is 1. The van der Waals surface area contributed by atoms with Crippen LogP contribution >= 0.6 is 11.6 Å². The lowest BCUT2D eigenvalue weighted by Gasteiger charge is -2.10. The molecule has 0 bridgehead atoms. The van der Waals surface area contributed by atoms with Crippen LogP contribution in [-0.4, -0.2) is 35.3 Å². The average molecular weight is 380 g/mol. The van der Waals surface area contributed by atoms with Crippen molar-refractivity contribution in [3.8, 4) is 11.8 Å². The Morgan fingerprint density at radius 3 is 2.73 bits per heavy atom. The van der Waals surface area contributed by atoms with Gasteiger partial charge in [-0.3, -0.25) is 15.2 Å². The normalized spacial score (nSPS) is 13.8. The van der Waals surface area contributed by atoms with Crippen LogP contribution in [0.2, 0.25) is 5.02 Å². The Hall–Kier alpha value is -2.79. The first-order valence-corrected chi connectivity index (χ1v) is 8.03. The summed E-state index contributed by atoms with van der Waals surface area (Å²) in [6.45, 7) is -0.313. The zero-order valence-electron chi connectivity index (χ0n) is 13.6. The molecule has 5 N–H and O–H groups in total. The first kappa shape index (κ1) is 19.5. The second kappa shape index (κ2) is 8.54. The predicted octanol–water partition coefficient (Wildman–Crippen LogP) is 2.11. The lowest BCUT2D eigenvalue weighted by molar-refractivity contribution is -0.116. The number of carbonyl (C=O) groups is 1. The Morgan fingerprint density at radius 1 is 1.50 bits per heavy atom. The maximum absolute atomic E-state index is 12.5. The minimum Gasteiger partial charge on any atom is -0.404 e. The summed E-state index contributed by atoms with van der Waals surface area (Å²) in [5.74, 6) is 5.47. The number of nitrogens with zero attached hydrogens (tertiary/aromatic N) is 1. The second-order valence-electron chi connectivity index (χ2n) is 5.55. The number of alkyl halides is 2. The fraction of sp³-hybridized carbons (Fsp3) is 0.294. The third-order valence-corrected chi connectivity index (χ3v) is 3.76. The van der Waals surface area contributed by atoms with Gasteiger partial charge in [0.05, 0.1) is 22.9 Å². The van der Waals surface area contributed by atoms with Crippen molar-refractivity contribution in [2.24, 2.45) is 11.7 Å². The van der Waals surface area contributed by atoms with Gasteiger partial charge in [0.15, 0.2) is 0 Å². The standard InChI is InChI=1S/C17H16ClF2N5O/c18-12-5-10(4-3-9-1-2-9)7-24-15(12)13(22)8-25-17(26)11(6-21)14(23)16(19)20/h5-7,9,16,22-23H,1-2,8,21H2,(H,25,26)/b11-6+,22-13?,23-14?. The molecular formula is C17H16ClF2N5O. The number of amides is 1. The third-order valence-electron chi connectivity index (χ3n) is 3.47. The van der Waals surface area contributed by atoms with Crippen LogP contribution in [0.3, 0.4) is 0 Å². The van der Waals surface area contributed by atoms with Crippen molar-refractivity contribution in [1.82, 2.24) is 10.3 Å². The zero-order chi connectivity index (χ0) is 19.3. The van der Waals surface area contributed by atoms with E-state index in [0.29, 0.717) is 17.7 Å². The van der Waals surface area contributed by atoms with Crippen molar-refractivity contribution < 1.29 is 13.6 Å². The summed E-state index contributed by atoms with van der Waals surface area (Å²) in [5, 5.41) is 17.5. The number of halogens is 3. The highest BCUT2D eigenvalue weighted by molar-refractivity contribution is 6.34. The molecule has 2 rings (SSSR count). The largest absolute Gasteiger partial charge is 0.404 e. The fourth-order valence-corrected chi connectivity index (χ4v) is 2.17. The average Bonchev–Trinajstić information content (AvgIpc) is 3.42. The number of rotatable bonds is 6. The second-order valence-corrected chi connectivity index (χ2v) is 5.96. The van der Waals surface area contributed by atoms with Crippen LogP contribution in [0.5, 0.6) is 0 Å². The monoisotopic (exact) mass is 379 g/mol. The molecule has 26 heavy (non-hydrogen) atoms. The summed E-state index contributed by atoms with van der Waals surface area (Å²) >= 11 is 6.10. The summed E-state index contributed by atoms with van der Waals surface area (Å²) in [7, 11) is 0. The highest BCUT2D eigenvalue weighted by Crippen LogP contribution is 2.27. The van der Waals surface area contributed by atoms with E-state index >= 15 is 0 Å². The van der Waals surface area contributed by atoms with Gasteiger partial charge in [-0.05, 0) is 18.9 Å². The predicted molar refractivity (Wildman–Crippen MR) is 94.7 cm³/mol. The summed E-state index contributed by atoms with van der Waals surface area (Å²) in [4.78, 5) is 15.9. The first-order chi connectivity index (χ1) is 12.3. The first-order valence-electron chi connectivity index (χ1n) is 7.65. The van der Waals surface area contributed by atoms with Gasteiger partial charge in [0.1, 0.15) is 11.4 Å². The van der Waals surface area contributed by atoms with Crippen LogP contribution in [0.15, 0.2) is 24.0 Å². The zero-order valence-corrected chi connectivity index (χ0v) is 14.3. The van der Waals surface area contributed by atoms with Crippen LogP contribution in [0.1, 0.15) is 24.1 Å². The Kier molecular flexibility index (Phi) is 6.41. The van der Waals surface area contributed by atoms with E-state index in [1.165, 1.54) is 6.20 Å². The molecule has 136 valence electrons. The SMILES string of the molecule is N=C(CNC(=O)/C(=C/N)C(=N)C(F)F)c1ncc(C#CC2CC2)cc1Cl. The molecule has 0 unspecified atom stereocenters. The number of hydrogen-bond acceptors (Lipinski definition) is 5. The van der Waals surface area contributed by atoms with Crippen molar-refractivity contribution in [3.05, 3.63) is 40.3 Å². The van der Waals surface area contributed by atoms with Crippen molar-refractivity contribution in [3.63, 3.8) is 0 Å². The maximum atomic E-state index is 12.5. The molecule has 0 saturated heterocycles. The van der Waals surface area contributed by atoms with Gasteiger partial charge in [-0.2, -0.15) is 0 Å². The molecule has 1 aliphatic rings. The molecule has 9 heteroatoms. The van der Waals surface area contributed by atoms with Gasteiger partial charge in [0.25, 0.3) is 12.3 Å². The Balaban J connectivity index is 2.00. The van der Waals surface area contributed by atoms with E-state index in [-0.39, 0.29) is 23.0 Å². The van der Waals surface area contributed by atoms with Gasteiger partial charge in [0, 0.05) is 23.9 Å². The van der Waals surface area contributed by atoms with E-state index < -0.39 is 23.6 Å². The van der Waals surface area contributed by atoms with E-state index in [2.05, 4.69) is 22.1 Å². The summed E-state index contributed by atoms with van der Waals surface area (Å²) in [6.07, 6.45) is 1.17. The highest BCUT2D eigenvalue weighted by atomic mass is 35.5. The number of aromatic nitrogens is 1. The molecule has 1 fully saturated rings. The van der Waals surface area contributed by atoms with Crippen LogP contribution < -0.4 is 11.1 Å². The van der Waals surface area contributed by atoms with Gasteiger partial charge in [-0.15, -0.1) is 0 Å².